The molecule has 0 N–H and O–H groups in total. The van der Waals surface area contributed by atoms with Crippen LogP contribution >= 0.6 is 0 Å². The molecule has 1 aliphatic heterocycles. The van der Waals surface area contributed by atoms with Crippen molar-refractivity contribution in [1.82, 2.24) is 0 Å². The molecule has 1 unspecified atom stereocenters. The van der Waals surface area contributed by atoms with Gasteiger partial charge in [-0.15, -0.1) is 0 Å². The van der Waals surface area contributed by atoms with Crippen LogP contribution in [0, 0.1) is 5.41 Å². The number of hydrogen-bond donors (Lipinski definition) is 0. The third-order valence-electron chi connectivity index (χ3n) is 2.08. The summed E-state index contributed by atoms with van der Waals surface area (Å²) in [6.07, 6.45) is 3.18. The third kappa shape index (κ3) is 2.44. The van der Waals surface area contributed by atoms with Crippen molar-refractivity contribution in [3.05, 3.63) is 11.6 Å². The van der Waals surface area contributed by atoms with Gasteiger partial charge in [-0.25, -0.2) is 0 Å². The van der Waals surface area contributed by atoms with Gasteiger partial charge in [0.25, 0.3) is 0 Å². The molecule has 2 heteroatoms. The Bertz CT molecular complexity index is 198. The highest BCUT2D eigenvalue weighted by Gasteiger charge is 2.20. The van der Waals surface area contributed by atoms with E-state index in [1.807, 2.05) is 0 Å². The summed E-state index contributed by atoms with van der Waals surface area (Å²) in [5.41, 5.74) is 1.75. The number of allylic oxidation sites excluding steroid dienone is 1. The van der Waals surface area contributed by atoms with Crippen LogP contribution in [0.15, 0.2) is 11.6 Å². The molecule has 0 saturated heterocycles. The maximum absolute atomic E-state index is 11.0. The topological polar surface area (TPSA) is 17.1 Å². The summed E-state index contributed by atoms with van der Waals surface area (Å²) < 4.78 is 11.0. The summed E-state index contributed by atoms with van der Waals surface area (Å²) >= 11 is 0. The monoisotopic (exact) mass is 172 g/mol. The minimum Gasteiger partial charge on any atom is -0.259 e. The van der Waals surface area contributed by atoms with Crippen LogP contribution in [0.3, 0.4) is 0 Å². The predicted octanol–water partition coefficient (Wildman–Crippen LogP) is 2.11. The molecular formula is C9H16OS. The number of hydrogen-bond acceptors (Lipinski definition) is 1. The second-order valence-corrected chi connectivity index (χ2v) is 5.66. The first-order chi connectivity index (χ1) is 5.00. The second-order valence-electron chi connectivity index (χ2n) is 4.04. The quantitative estimate of drug-likeness (QED) is 0.511. The molecule has 0 aromatic carbocycles. The summed E-state index contributed by atoms with van der Waals surface area (Å²) in [6.45, 7) is 6.65. The van der Waals surface area contributed by atoms with E-state index in [1.54, 1.807) is 0 Å². The summed E-state index contributed by atoms with van der Waals surface area (Å²) in [5, 5.41) is 0. The Kier molecular flexibility index (Phi) is 2.53. The van der Waals surface area contributed by atoms with E-state index in [9.17, 15) is 4.21 Å². The van der Waals surface area contributed by atoms with Crippen LogP contribution in [0.25, 0.3) is 0 Å². The van der Waals surface area contributed by atoms with Crippen LogP contribution < -0.4 is 0 Å². The van der Waals surface area contributed by atoms with Gasteiger partial charge in [-0.2, -0.15) is 0 Å². The third-order valence-corrected chi connectivity index (χ3v) is 3.28. The molecule has 0 bridgehead atoms. The van der Waals surface area contributed by atoms with Gasteiger partial charge < -0.3 is 0 Å². The largest absolute Gasteiger partial charge is 0.259 e. The lowest BCUT2D eigenvalue weighted by Gasteiger charge is -2.25. The van der Waals surface area contributed by atoms with E-state index < -0.39 is 10.8 Å². The number of rotatable bonds is 0. The molecule has 0 fully saturated rings. The average Bonchev–Trinajstić information content (AvgIpc) is 1.86. The lowest BCUT2D eigenvalue weighted by Crippen LogP contribution is -2.17. The van der Waals surface area contributed by atoms with Crippen molar-refractivity contribution in [2.45, 2.75) is 27.2 Å². The molecule has 1 rings (SSSR count). The van der Waals surface area contributed by atoms with Gasteiger partial charge in [-0.1, -0.05) is 32.4 Å². The highest BCUT2D eigenvalue weighted by Crippen LogP contribution is 2.29. The lowest BCUT2D eigenvalue weighted by molar-refractivity contribution is 0.486. The van der Waals surface area contributed by atoms with E-state index in [2.05, 4.69) is 26.8 Å². The maximum Gasteiger partial charge on any atom is 0.0418 e. The van der Waals surface area contributed by atoms with E-state index in [4.69, 9.17) is 0 Å². The van der Waals surface area contributed by atoms with Crippen molar-refractivity contribution in [3.8, 4) is 0 Å². The fourth-order valence-corrected chi connectivity index (χ4v) is 2.29. The van der Waals surface area contributed by atoms with Gasteiger partial charge in [0.1, 0.15) is 0 Å². The molecule has 0 aromatic rings. The van der Waals surface area contributed by atoms with Gasteiger partial charge >= 0.3 is 0 Å². The van der Waals surface area contributed by atoms with Crippen LogP contribution in [0.5, 0.6) is 0 Å². The molecule has 0 spiro atoms. The highest BCUT2D eigenvalue weighted by molar-refractivity contribution is 7.85. The van der Waals surface area contributed by atoms with Gasteiger partial charge in [-0.3, -0.25) is 4.21 Å². The molecule has 1 nitrogen and oxygen atoms in total. The van der Waals surface area contributed by atoms with Crippen molar-refractivity contribution in [1.29, 1.82) is 0 Å². The predicted molar refractivity (Wildman–Crippen MR) is 50.0 cm³/mol. The van der Waals surface area contributed by atoms with Crippen molar-refractivity contribution in [3.63, 3.8) is 0 Å². The fraction of sp³-hybridized carbons (Fsp3) is 0.778. The Morgan fingerprint density at radius 3 is 2.45 bits per heavy atom. The van der Waals surface area contributed by atoms with Crippen LogP contribution in [0.1, 0.15) is 27.2 Å². The zero-order chi connectivity index (χ0) is 8.48. The van der Waals surface area contributed by atoms with E-state index in [1.165, 1.54) is 5.57 Å². The molecular weight excluding hydrogens is 156 g/mol. The normalized spacial score (nSPS) is 26.5. The van der Waals surface area contributed by atoms with Gasteiger partial charge in [0, 0.05) is 22.3 Å². The summed E-state index contributed by atoms with van der Waals surface area (Å²) in [6, 6.07) is 0. The molecule has 0 amide bonds. The van der Waals surface area contributed by atoms with E-state index in [0.29, 0.717) is 0 Å². The highest BCUT2D eigenvalue weighted by atomic mass is 32.2. The molecule has 0 saturated carbocycles. The Labute approximate surface area is 71.3 Å². The lowest BCUT2D eigenvalue weighted by atomic mass is 9.85. The maximum atomic E-state index is 11.0. The first-order valence-electron chi connectivity index (χ1n) is 4.04. The average molecular weight is 172 g/mol. The van der Waals surface area contributed by atoms with Gasteiger partial charge in [0.05, 0.1) is 0 Å². The Morgan fingerprint density at radius 2 is 2.09 bits per heavy atom. The summed E-state index contributed by atoms with van der Waals surface area (Å²) in [7, 11) is -0.572. The van der Waals surface area contributed by atoms with Crippen molar-refractivity contribution >= 4 is 10.8 Å². The molecule has 0 aliphatic carbocycles. The molecule has 1 atom stereocenters. The van der Waals surface area contributed by atoms with Crippen LogP contribution in [-0.4, -0.2) is 15.7 Å². The second kappa shape index (κ2) is 3.10. The SMILES string of the molecule is CC(C)(C)C1=CCS(=O)CC1. The van der Waals surface area contributed by atoms with Crippen LogP contribution in [-0.2, 0) is 10.8 Å². The van der Waals surface area contributed by atoms with Crippen LogP contribution in [0.4, 0.5) is 0 Å². The zero-order valence-corrected chi connectivity index (χ0v) is 8.33. The molecule has 11 heavy (non-hydrogen) atoms. The molecule has 0 aromatic heterocycles. The Balaban J connectivity index is 2.69. The first kappa shape index (κ1) is 8.98. The fourth-order valence-electron chi connectivity index (χ4n) is 1.28. The molecule has 64 valence electrons. The first-order valence-corrected chi connectivity index (χ1v) is 5.53. The Morgan fingerprint density at radius 1 is 1.45 bits per heavy atom. The van der Waals surface area contributed by atoms with Crippen molar-refractivity contribution < 1.29 is 4.21 Å². The molecule has 1 aliphatic rings. The molecule has 0 radical (unpaired) electrons. The van der Waals surface area contributed by atoms with Crippen LogP contribution in [0.2, 0.25) is 0 Å². The minimum atomic E-state index is -0.572. The summed E-state index contributed by atoms with van der Waals surface area (Å²) in [5.74, 6) is 1.63. The van der Waals surface area contributed by atoms with Crippen molar-refractivity contribution in [2.75, 3.05) is 11.5 Å². The van der Waals surface area contributed by atoms with Gasteiger partial charge in [0.2, 0.25) is 0 Å². The van der Waals surface area contributed by atoms with Gasteiger partial charge in [0.15, 0.2) is 0 Å². The minimum absolute atomic E-state index is 0.282. The Hall–Kier alpha value is -0.110. The van der Waals surface area contributed by atoms with E-state index in [-0.39, 0.29) is 5.41 Å². The smallest absolute Gasteiger partial charge is 0.0418 e. The zero-order valence-electron chi connectivity index (χ0n) is 7.52. The van der Waals surface area contributed by atoms with Gasteiger partial charge in [-0.05, 0) is 11.8 Å². The molecule has 1 heterocycles. The van der Waals surface area contributed by atoms with Crippen molar-refractivity contribution in [2.24, 2.45) is 5.41 Å². The van der Waals surface area contributed by atoms with E-state index in [0.717, 1.165) is 17.9 Å². The van der Waals surface area contributed by atoms with E-state index >= 15 is 0 Å². The standard InChI is InChI=1S/C9H16OS/c1-9(2,3)8-4-6-11(10)7-5-8/h4H,5-7H2,1-3H3. The summed E-state index contributed by atoms with van der Waals surface area (Å²) in [4.78, 5) is 0.